The normalized spacial score (nSPS) is 23.0. The molecule has 1 N–H and O–H groups in total. The Hall–Kier alpha value is -1.79. The maximum absolute atomic E-state index is 13.3. The summed E-state index contributed by atoms with van der Waals surface area (Å²) in [4.78, 5) is 15.7. The first kappa shape index (κ1) is 18.6. The topological polar surface area (TPSA) is 60.0 Å². The van der Waals surface area contributed by atoms with E-state index in [2.05, 4.69) is 17.1 Å². The van der Waals surface area contributed by atoms with Crippen LogP contribution in [0.3, 0.4) is 0 Å². The Balaban J connectivity index is 1.47. The number of morpholine rings is 1. The van der Waals surface area contributed by atoms with Crippen molar-refractivity contribution >= 4 is 5.91 Å². The summed E-state index contributed by atoms with van der Waals surface area (Å²) in [6.07, 6.45) is 3.95. The van der Waals surface area contributed by atoms with Crippen LogP contribution in [0.25, 0.3) is 0 Å². The molecule has 0 unspecified atom stereocenters. The van der Waals surface area contributed by atoms with Crippen molar-refractivity contribution in [1.29, 1.82) is 0 Å². The second-order valence-electron chi connectivity index (χ2n) is 7.86. The fourth-order valence-corrected chi connectivity index (χ4v) is 4.52. The minimum absolute atomic E-state index is 0.150. The average Bonchev–Trinajstić information content (AvgIpc) is 3.23. The van der Waals surface area contributed by atoms with Gasteiger partial charge < -0.3 is 19.5 Å². The number of ether oxygens (including phenoxy) is 3. The van der Waals surface area contributed by atoms with Gasteiger partial charge in [-0.25, -0.2) is 0 Å². The van der Waals surface area contributed by atoms with Crippen LogP contribution in [0.2, 0.25) is 0 Å². The van der Waals surface area contributed by atoms with Gasteiger partial charge in [-0.1, -0.05) is 18.9 Å². The lowest BCUT2D eigenvalue weighted by molar-refractivity contribution is -0.127. The first-order valence-electron chi connectivity index (χ1n) is 10.2. The highest BCUT2D eigenvalue weighted by Crippen LogP contribution is 2.44. The number of carbonyl (C=O) groups is 1. The second-order valence-corrected chi connectivity index (χ2v) is 7.86. The highest BCUT2D eigenvalue weighted by atomic mass is 16.6. The monoisotopic (exact) mass is 374 g/mol. The largest absolute Gasteiger partial charge is 0.486 e. The lowest BCUT2D eigenvalue weighted by atomic mass is 9.77. The Bertz CT molecular complexity index is 666. The molecule has 1 amide bonds. The number of fused-ring (bicyclic) bond motifs is 1. The predicted molar refractivity (Wildman–Crippen MR) is 102 cm³/mol. The molecule has 1 aromatic rings. The van der Waals surface area contributed by atoms with Crippen molar-refractivity contribution in [3.05, 3.63) is 23.8 Å². The highest BCUT2D eigenvalue weighted by molar-refractivity contribution is 5.88. The summed E-state index contributed by atoms with van der Waals surface area (Å²) < 4.78 is 16.8. The third-order valence-electron chi connectivity index (χ3n) is 6.21. The first-order valence-corrected chi connectivity index (χ1v) is 10.2. The van der Waals surface area contributed by atoms with Crippen LogP contribution in [0, 0.1) is 0 Å². The number of hydrogen-bond donors (Lipinski definition) is 1. The summed E-state index contributed by atoms with van der Waals surface area (Å²) in [5.41, 5.74) is 0.612. The number of hydrogen-bond acceptors (Lipinski definition) is 5. The average molecular weight is 374 g/mol. The number of nitrogens with one attached hydrogen (secondary N) is 1. The van der Waals surface area contributed by atoms with Gasteiger partial charge in [0.1, 0.15) is 13.2 Å². The standard InChI is InChI=1S/C21H30N2O4/c1-16(23-8-10-25-11-9-23)15-22-20(24)21(6-2-3-7-21)17-4-5-18-19(14-17)27-13-12-26-18/h4-5,14,16H,2-3,6-13,15H2,1H3,(H,22,24)/t16-/m0/s1. The van der Waals surface area contributed by atoms with E-state index in [1.54, 1.807) is 0 Å². The summed E-state index contributed by atoms with van der Waals surface area (Å²) in [7, 11) is 0. The molecule has 0 bridgehead atoms. The number of amides is 1. The van der Waals surface area contributed by atoms with E-state index in [-0.39, 0.29) is 5.91 Å². The predicted octanol–water partition coefficient (Wildman–Crippen LogP) is 2.11. The number of carbonyl (C=O) groups excluding carboxylic acids is 1. The van der Waals surface area contributed by atoms with Gasteiger partial charge in [0.25, 0.3) is 0 Å². The van der Waals surface area contributed by atoms with Gasteiger partial charge in [-0.15, -0.1) is 0 Å². The Kier molecular flexibility index (Phi) is 5.55. The van der Waals surface area contributed by atoms with Crippen LogP contribution in [0.4, 0.5) is 0 Å². The maximum atomic E-state index is 13.3. The molecule has 6 heteroatoms. The number of benzene rings is 1. The van der Waals surface area contributed by atoms with Gasteiger partial charge in [0.15, 0.2) is 11.5 Å². The van der Waals surface area contributed by atoms with Gasteiger partial charge in [-0.3, -0.25) is 9.69 Å². The van der Waals surface area contributed by atoms with E-state index < -0.39 is 5.41 Å². The van der Waals surface area contributed by atoms with E-state index in [0.717, 1.165) is 69.0 Å². The molecule has 6 nitrogen and oxygen atoms in total. The van der Waals surface area contributed by atoms with Crippen molar-refractivity contribution in [2.24, 2.45) is 0 Å². The van der Waals surface area contributed by atoms with E-state index in [1.807, 2.05) is 18.2 Å². The molecule has 1 aliphatic carbocycles. The van der Waals surface area contributed by atoms with Crippen LogP contribution < -0.4 is 14.8 Å². The lowest BCUT2D eigenvalue weighted by Crippen LogP contribution is -2.50. The summed E-state index contributed by atoms with van der Waals surface area (Å²) in [6.45, 7) is 7.42. The molecule has 2 fully saturated rings. The van der Waals surface area contributed by atoms with Crippen molar-refractivity contribution in [3.8, 4) is 11.5 Å². The highest BCUT2D eigenvalue weighted by Gasteiger charge is 2.43. The Morgan fingerprint density at radius 1 is 1.11 bits per heavy atom. The summed E-state index contributed by atoms with van der Waals surface area (Å²) in [6, 6.07) is 6.33. The Labute approximate surface area is 161 Å². The molecule has 1 saturated heterocycles. The van der Waals surface area contributed by atoms with E-state index in [1.165, 1.54) is 0 Å². The quantitative estimate of drug-likeness (QED) is 0.855. The molecule has 0 radical (unpaired) electrons. The molecule has 148 valence electrons. The van der Waals surface area contributed by atoms with Crippen LogP contribution in [0.15, 0.2) is 18.2 Å². The smallest absolute Gasteiger partial charge is 0.230 e. The van der Waals surface area contributed by atoms with Gasteiger partial charge in [0.2, 0.25) is 5.91 Å². The van der Waals surface area contributed by atoms with Crippen LogP contribution >= 0.6 is 0 Å². The van der Waals surface area contributed by atoms with Gasteiger partial charge in [-0.2, -0.15) is 0 Å². The maximum Gasteiger partial charge on any atom is 0.230 e. The van der Waals surface area contributed by atoms with Gasteiger partial charge in [0, 0.05) is 25.7 Å². The molecule has 1 aromatic carbocycles. The zero-order chi connectivity index (χ0) is 18.7. The van der Waals surface area contributed by atoms with Crippen molar-refractivity contribution in [2.45, 2.75) is 44.1 Å². The zero-order valence-corrected chi connectivity index (χ0v) is 16.2. The van der Waals surface area contributed by atoms with Crippen molar-refractivity contribution in [1.82, 2.24) is 10.2 Å². The van der Waals surface area contributed by atoms with E-state index in [9.17, 15) is 4.79 Å². The zero-order valence-electron chi connectivity index (χ0n) is 16.2. The SMILES string of the molecule is C[C@@H](CNC(=O)C1(c2ccc3c(c2)OCCO3)CCCC1)N1CCOCC1. The number of nitrogens with zero attached hydrogens (tertiary/aromatic N) is 1. The molecule has 4 rings (SSSR count). The van der Waals surface area contributed by atoms with E-state index >= 15 is 0 Å². The second kappa shape index (κ2) is 8.07. The Morgan fingerprint density at radius 3 is 2.56 bits per heavy atom. The van der Waals surface area contributed by atoms with Crippen LogP contribution in [0.5, 0.6) is 11.5 Å². The summed E-state index contributed by atoms with van der Waals surface area (Å²) in [5.74, 6) is 1.69. The van der Waals surface area contributed by atoms with Crippen molar-refractivity contribution < 1.29 is 19.0 Å². The Morgan fingerprint density at radius 2 is 1.81 bits per heavy atom. The van der Waals surface area contributed by atoms with Gasteiger partial charge in [0.05, 0.1) is 18.6 Å². The molecule has 1 saturated carbocycles. The summed E-state index contributed by atoms with van der Waals surface area (Å²) in [5, 5.41) is 3.25. The van der Waals surface area contributed by atoms with Crippen LogP contribution in [-0.4, -0.2) is 62.9 Å². The molecule has 0 aromatic heterocycles. The molecule has 0 spiro atoms. The van der Waals surface area contributed by atoms with Crippen LogP contribution in [0.1, 0.15) is 38.2 Å². The molecule has 2 heterocycles. The first-order chi connectivity index (χ1) is 13.2. The molecule has 1 atom stereocenters. The van der Waals surface area contributed by atoms with Crippen molar-refractivity contribution in [2.75, 3.05) is 46.1 Å². The molecule has 2 aliphatic heterocycles. The molecule has 27 heavy (non-hydrogen) atoms. The minimum Gasteiger partial charge on any atom is -0.486 e. The number of rotatable bonds is 5. The molecular weight excluding hydrogens is 344 g/mol. The van der Waals surface area contributed by atoms with Crippen LogP contribution in [-0.2, 0) is 14.9 Å². The third-order valence-corrected chi connectivity index (χ3v) is 6.21. The molecule has 3 aliphatic rings. The fraction of sp³-hybridized carbons (Fsp3) is 0.667. The fourth-order valence-electron chi connectivity index (χ4n) is 4.52. The van der Waals surface area contributed by atoms with E-state index in [4.69, 9.17) is 14.2 Å². The lowest BCUT2D eigenvalue weighted by Gasteiger charge is -2.34. The van der Waals surface area contributed by atoms with Gasteiger partial charge in [-0.05, 0) is 37.5 Å². The third kappa shape index (κ3) is 3.78. The van der Waals surface area contributed by atoms with E-state index in [0.29, 0.717) is 25.8 Å². The molecular formula is C21H30N2O4. The summed E-state index contributed by atoms with van der Waals surface area (Å²) >= 11 is 0. The van der Waals surface area contributed by atoms with Crippen molar-refractivity contribution in [3.63, 3.8) is 0 Å². The minimum atomic E-state index is -0.444. The van der Waals surface area contributed by atoms with Gasteiger partial charge >= 0.3 is 0 Å².